The largest absolute Gasteiger partial charge is 0.126 e. The van der Waals surface area contributed by atoms with Crippen molar-refractivity contribution >= 4 is 21.5 Å². The van der Waals surface area contributed by atoms with Crippen molar-refractivity contribution in [2.24, 2.45) is 0 Å². The van der Waals surface area contributed by atoms with E-state index in [1.807, 2.05) is 0 Å². The van der Waals surface area contributed by atoms with Gasteiger partial charge < -0.3 is 0 Å². The summed E-state index contributed by atoms with van der Waals surface area (Å²) < 4.78 is 0. The van der Waals surface area contributed by atoms with E-state index in [0.717, 1.165) is 0 Å². The van der Waals surface area contributed by atoms with Gasteiger partial charge >= 0.3 is 0 Å². The van der Waals surface area contributed by atoms with Crippen LogP contribution in [-0.4, -0.2) is 0 Å². The minimum atomic E-state index is 0. The summed E-state index contributed by atoms with van der Waals surface area (Å²) in [4.78, 5) is 0. The topological polar surface area (TPSA) is 0 Å². The van der Waals surface area contributed by atoms with Crippen LogP contribution in [0.3, 0.4) is 0 Å². The zero-order valence-electron chi connectivity index (χ0n) is 14.5. The van der Waals surface area contributed by atoms with Crippen LogP contribution in [0.5, 0.6) is 0 Å². The predicted molar refractivity (Wildman–Crippen MR) is 94.4 cm³/mol. The fraction of sp³-hybridized carbons (Fsp3) is 0.381. The van der Waals surface area contributed by atoms with Crippen molar-refractivity contribution in [1.82, 2.24) is 0 Å². The van der Waals surface area contributed by atoms with E-state index < -0.39 is 0 Å². The van der Waals surface area contributed by atoms with Gasteiger partial charge in [-0.2, -0.15) is 0 Å². The van der Waals surface area contributed by atoms with Crippen LogP contribution in [0.25, 0.3) is 21.5 Å². The fourth-order valence-corrected chi connectivity index (χ4v) is 2.93. The molecule has 0 spiro atoms. The zero-order chi connectivity index (χ0) is 15.4. The van der Waals surface area contributed by atoms with Crippen LogP contribution in [0.1, 0.15) is 52.7 Å². The molecule has 0 N–H and O–H groups in total. The molecule has 114 valence electrons. The molecule has 0 bridgehead atoms. The van der Waals surface area contributed by atoms with Crippen molar-refractivity contribution < 1.29 is 26.2 Å². The Morgan fingerprint density at radius 2 is 1.00 bits per heavy atom. The molecule has 0 unspecified atom stereocenters. The number of fused-ring (bicyclic) bond motifs is 3. The van der Waals surface area contributed by atoms with Gasteiger partial charge in [0.15, 0.2) is 0 Å². The second kappa shape index (κ2) is 5.68. The Labute approximate surface area is 153 Å². The number of hydrogen-bond donors (Lipinski definition) is 0. The molecule has 0 fully saturated rings. The van der Waals surface area contributed by atoms with Gasteiger partial charge in [0.1, 0.15) is 0 Å². The average molecular weight is 369 g/mol. The zero-order valence-corrected chi connectivity index (χ0v) is 17.0. The molecular formula is C21H25Zr-. The summed E-state index contributed by atoms with van der Waals surface area (Å²) in [6.07, 6.45) is 0. The van der Waals surface area contributed by atoms with Gasteiger partial charge in [-0.1, -0.05) is 76.9 Å². The van der Waals surface area contributed by atoms with E-state index in [1.165, 1.54) is 32.7 Å². The molecule has 0 saturated carbocycles. The minimum Gasteiger partial charge on any atom is -0.126 e. The standard InChI is InChI=1S/C21H25.Zr/c1-20(2,3)16-9-7-14-11-15-8-10-17(21(4,5)6)13-19(15)18(14)12-16;/h7-13H,1-6H3;/q-1;. The van der Waals surface area contributed by atoms with E-state index in [2.05, 4.69) is 84.0 Å². The Morgan fingerprint density at radius 1 is 0.636 bits per heavy atom. The molecule has 0 aliphatic heterocycles. The van der Waals surface area contributed by atoms with Crippen LogP contribution in [0, 0.1) is 0 Å². The summed E-state index contributed by atoms with van der Waals surface area (Å²) in [5, 5.41) is 5.49. The molecule has 0 amide bonds. The summed E-state index contributed by atoms with van der Waals surface area (Å²) in [7, 11) is 0. The molecule has 0 saturated heterocycles. The van der Waals surface area contributed by atoms with Crippen molar-refractivity contribution in [1.29, 1.82) is 0 Å². The average Bonchev–Trinajstić information content (AvgIpc) is 2.73. The molecule has 0 heterocycles. The van der Waals surface area contributed by atoms with Crippen molar-refractivity contribution in [3.8, 4) is 0 Å². The van der Waals surface area contributed by atoms with Crippen molar-refractivity contribution in [2.75, 3.05) is 0 Å². The Kier molecular flexibility index (Phi) is 4.53. The first-order chi connectivity index (χ1) is 9.66. The van der Waals surface area contributed by atoms with E-state index in [0.29, 0.717) is 0 Å². The molecule has 0 radical (unpaired) electrons. The van der Waals surface area contributed by atoms with Gasteiger partial charge in [0.05, 0.1) is 0 Å². The van der Waals surface area contributed by atoms with Crippen LogP contribution < -0.4 is 0 Å². The third kappa shape index (κ3) is 3.11. The Bertz CT molecular complexity index is 739. The maximum atomic E-state index is 2.38. The molecule has 0 nitrogen and oxygen atoms in total. The third-order valence-electron chi connectivity index (χ3n) is 4.44. The van der Waals surface area contributed by atoms with Crippen LogP contribution in [0.15, 0.2) is 42.5 Å². The van der Waals surface area contributed by atoms with Gasteiger partial charge in [-0.25, -0.2) is 0 Å². The molecule has 0 aromatic heterocycles. The first-order valence-electron chi connectivity index (χ1n) is 7.80. The van der Waals surface area contributed by atoms with E-state index in [9.17, 15) is 0 Å². The maximum Gasteiger partial charge on any atom is 0 e. The summed E-state index contributed by atoms with van der Waals surface area (Å²) in [6, 6.07) is 16.1. The minimum absolute atomic E-state index is 0. The summed E-state index contributed by atoms with van der Waals surface area (Å²) in [6.45, 7) is 13.7. The predicted octanol–water partition coefficient (Wildman–Crippen LogP) is 6.30. The van der Waals surface area contributed by atoms with Crippen molar-refractivity contribution in [3.63, 3.8) is 0 Å². The molecule has 3 aromatic rings. The Balaban J connectivity index is 0.00000176. The normalized spacial score (nSPS) is 12.6. The molecular weight excluding hydrogens is 343 g/mol. The summed E-state index contributed by atoms with van der Waals surface area (Å²) >= 11 is 0. The van der Waals surface area contributed by atoms with E-state index in [-0.39, 0.29) is 37.0 Å². The smallest absolute Gasteiger partial charge is 0 e. The first-order valence-corrected chi connectivity index (χ1v) is 7.80. The third-order valence-corrected chi connectivity index (χ3v) is 4.44. The van der Waals surface area contributed by atoms with Gasteiger partial charge in [0.25, 0.3) is 0 Å². The Morgan fingerprint density at radius 3 is 1.32 bits per heavy atom. The molecule has 0 aliphatic carbocycles. The van der Waals surface area contributed by atoms with E-state index in [4.69, 9.17) is 0 Å². The van der Waals surface area contributed by atoms with Crippen molar-refractivity contribution in [3.05, 3.63) is 53.6 Å². The Hall–Kier alpha value is -0.807. The number of benzene rings is 2. The van der Waals surface area contributed by atoms with Crippen LogP contribution in [0.4, 0.5) is 0 Å². The van der Waals surface area contributed by atoms with Gasteiger partial charge in [0.2, 0.25) is 0 Å². The van der Waals surface area contributed by atoms with E-state index >= 15 is 0 Å². The molecule has 1 heteroatoms. The molecule has 0 atom stereocenters. The fourth-order valence-electron chi connectivity index (χ4n) is 2.93. The second-order valence-electron chi connectivity index (χ2n) is 8.25. The summed E-state index contributed by atoms with van der Waals surface area (Å²) in [5.41, 5.74) is 3.20. The van der Waals surface area contributed by atoms with Gasteiger partial charge in [-0.05, 0) is 10.8 Å². The van der Waals surface area contributed by atoms with Crippen LogP contribution in [0.2, 0.25) is 0 Å². The van der Waals surface area contributed by atoms with Gasteiger partial charge in [-0.3, -0.25) is 0 Å². The van der Waals surface area contributed by atoms with Crippen LogP contribution in [-0.2, 0) is 37.0 Å². The summed E-state index contributed by atoms with van der Waals surface area (Å²) in [5.74, 6) is 0. The second-order valence-corrected chi connectivity index (χ2v) is 8.25. The van der Waals surface area contributed by atoms with Crippen molar-refractivity contribution in [2.45, 2.75) is 52.4 Å². The monoisotopic (exact) mass is 367 g/mol. The SMILES string of the molecule is CC(C)(C)c1ccc2[cH-]c3ccc(C(C)(C)C)cc3c2c1.[Zr]. The number of hydrogen-bond acceptors (Lipinski definition) is 0. The molecule has 22 heavy (non-hydrogen) atoms. The van der Waals surface area contributed by atoms with Gasteiger partial charge in [-0.15, -0.1) is 39.7 Å². The first kappa shape index (κ1) is 17.5. The maximum absolute atomic E-state index is 2.38. The van der Waals surface area contributed by atoms with Crippen LogP contribution >= 0.6 is 0 Å². The van der Waals surface area contributed by atoms with Gasteiger partial charge in [0, 0.05) is 26.2 Å². The molecule has 3 rings (SSSR count). The number of rotatable bonds is 0. The molecule has 0 aliphatic rings. The van der Waals surface area contributed by atoms with E-state index in [1.54, 1.807) is 0 Å². The molecule has 3 aromatic carbocycles. The quantitative estimate of drug-likeness (QED) is 0.408.